The molecule has 1 N–H and O–H groups in total. The van der Waals surface area contributed by atoms with Crippen LogP contribution in [0.5, 0.6) is 0 Å². The Morgan fingerprint density at radius 2 is 2.03 bits per heavy atom. The van der Waals surface area contributed by atoms with Gasteiger partial charge in [0.1, 0.15) is 17.9 Å². The first-order chi connectivity index (χ1) is 13.3. The van der Waals surface area contributed by atoms with Gasteiger partial charge in [0.05, 0.1) is 22.8 Å². The van der Waals surface area contributed by atoms with E-state index in [1.165, 1.54) is 12.3 Å². The summed E-state index contributed by atoms with van der Waals surface area (Å²) < 4.78 is 33.9. The molecular weight excluding hydrogens is 402 g/mol. The Morgan fingerprint density at radius 1 is 1.38 bits per heavy atom. The molecule has 1 aromatic heterocycles. The first-order valence-electron chi connectivity index (χ1n) is 8.94. The minimum atomic E-state index is -3.80. The van der Waals surface area contributed by atoms with Gasteiger partial charge in [0.2, 0.25) is 0 Å². The van der Waals surface area contributed by atoms with Crippen LogP contribution in [0.4, 0.5) is 10.5 Å². The number of nitro groups is 1. The van der Waals surface area contributed by atoms with Crippen molar-refractivity contribution in [2.75, 3.05) is 6.26 Å². The third kappa shape index (κ3) is 6.50. The molecule has 10 nitrogen and oxygen atoms in total. The topological polar surface area (TPSA) is 138 Å². The summed E-state index contributed by atoms with van der Waals surface area (Å²) in [5, 5.41) is 14.0. The number of rotatable bonds is 5. The largest absolute Gasteiger partial charge is 0.444 e. The van der Waals surface area contributed by atoms with Gasteiger partial charge in [-0.2, -0.15) is 8.42 Å². The Kier molecular flexibility index (Phi) is 6.63. The Labute approximate surface area is 169 Å². The number of nitrogens with zero attached hydrogens (tertiary/aromatic N) is 2. The summed E-state index contributed by atoms with van der Waals surface area (Å²) in [5.41, 5.74) is 0.00431. The van der Waals surface area contributed by atoms with E-state index in [9.17, 15) is 23.3 Å². The van der Waals surface area contributed by atoms with Crippen molar-refractivity contribution >= 4 is 27.5 Å². The molecule has 160 valence electrons. The van der Waals surface area contributed by atoms with Crippen molar-refractivity contribution in [2.24, 2.45) is 5.92 Å². The van der Waals surface area contributed by atoms with Crippen LogP contribution in [0.25, 0.3) is 5.57 Å². The first kappa shape index (κ1) is 22.8. The van der Waals surface area contributed by atoms with E-state index >= 15 is 0 Å². The summed E-state index contributed by atoms with van der Waals surface area (Å²) in [6.45, 7) is 6.84. The summed E-state index contributed by atoms with van der Waals surface area (Å²) in [7, 11) is -3.80. The number of allylic oxidation sites excluding steroid dienone is 1. The second kappa shape index (κ2) is 8.46. The van der Waals surface area contributed by atoms with Crippen molar-refractivity contribution in [3.8, 4) is 0 Å². The Bertz CT molecular complexity index is 922. The number of hydrogen-bond donors (Lipinski definition) is 1. The average Bonchev–Trinajstić information content (AvgIpc) is 2.55. The van der Waals surface area contributed by atoms with Gasteiger partial charge in [0.15, 0.2) is 0 Å². The molecule has 0 aromatic carbocycles. The van der Waals surface area contributed by atoms with Crippen LogP contribution in [0.1, 0.15) is 39.7 Å². The molecule has 3 atom stereocenters. The quantitative estimate of drug-likeness (QED) is 0.430. The number of nitrogens with one attached hydrogen (secondary N) is 1. The number of ether oxygens (including phenoxy) is 1. The molecule has 29 heavy (non-hydrogen) atoms. The maximum Gasteiger partial charge on any atom is 0.408 e. The molecule has 1 aliphatic rings. The molecule has 1 aliphatic carbocycles. The van der Waals surface area contributed by atoms with E-state index in [4.69, 9.17) is 8.92 Å². The lowest BCUT2D eigenvalue weighted by molar-refractivity contribution is -0.385. The normalized spacial score (nSPS) is 22.5. The number of amides is 1. The SMILES string of the molecule is C[C@H]1CC(c2ccncc2[N+](=O)[O-])=C[C@@H](NC(=O)OC(C)(C)C)[C@@H]1OS(C)(=O)=O. The maximum atomic E-state index is 12.3. The number of pyridine rings is 1. The maximum absolute atomic E-state index is 12.3. The number of alkyl carbamates (subject to hydrolysis) is 1. The fourth-order valence-corrected chi connectivity index (χ4v) is 3.84. The van der Waals surface area contributed by atoms with Gasteiger partial charge in [-0.05, 0) is 44.7 Å². The van der Waals surface area contributed by atoms with Gasteiger partial charge >= 0.3 is 6.09 Å². The standard InChI is InChI=1S/C18H25N3O7S/c1-11-8-12(13-6-7-19-10-15(13)21(23)24)9-14(16(11)28-29(5,25)26)20-17(22)27-18(2,3)4/h6-7,9-11,14,16H,8H2,1-5H3,(H,20,22)/t11-,14+,16+/m0/s1. The number of carbonyl (C=O) groups excluding carboxylic acids is 1. The molecule has 1 heterocycles. The monoisotopic (exact) mass is 427 g/mol. The molecule has 1 aromatic rings. The van der Waals surface area contributed by atoms with Crippen molar-refractivity contribution in [1.82, 2.24) is 10.3 Å². The second-order valence-electron chi connectivity index (χ2n) is 7.96. The van der Waals surface area contributed by atoms with E-state index in [1.807, 2.05) is 0 Å². The highest BCUT2D eigenvalue weighted by Gasteiger charge is 2.37. The molecule has 1 amide bonds. The minimum absolute atomic E-state index is 0.176. The van der Waals surface area contributed by atoms with Crippen molar-refractivity contribution < 1.29 is 27.1 Å². The molecule has 0 aliphatic heterocycles. The van der Waals surface area contributed by atoms with E-state index in [-0.39, 0.29) is 11.6 Å². The lowest BCUT2D eigenvalue weighted by Crippen LogP contribution is -2.50. The van der Waals surface area contributed by atoms with Crippen LogP contribution >= 0.6 is 0 Å². The highest BCUT2D eigenvalue weighted by atomic mass is 32.2. The van der Waals surface area contributed by atoms with Crippen molar-refractivity contribution in [3.05, 3.63) is 40.2 Å². The smallest absolute Gasteiger partial charge is 0.408 e. The summed E-state index contributed by atoms with van der Waals surface area (Å²) in [5.74, 6) is -0.363. The van der Waals surface area contributed by atoms with Crippen LogP contribution < -0.4 is 5.32 Å². The first-order valence-corrected chi connectivity index (χ1v) is 10.8. The third-order valence-corrected chi connectivity index (χ3v) is 4.72. The molecule has 0 saturated carbocycles. The number of aromatic nitrogens is 1. The van der Waals surface area contributed by atoms with E-state index in [0.717, 1.165) is 12.5 Å². The van der Waals surface area contributed by atoms with Crippen LogP contribution in [0.3, 0.4) is 0 Å². The molecule has 0 radical (unpaired) electrons. The van der Waals surface area contributed by atoms with Gasteiger partial charge < -0.3 is 10.1 Å². The lowest BCUT2D eigenvalue weighted by Gasteiger charge is -2.35. The average molecular weight is 427 g/mol. The fraction of sp³-hybridized carbons (Fsp3) is 0.556. The molecule has 0 saturated heterocycles. The fourth-order valence-electron chi connectivity index (χ4n) is 3.12. The van der Waals surface area contributed by atoms with Crippen LogP contribution in [0, 0.1) is 16.0 Å². The predicted molar refractivity (Wildman–Crippen MR) is 106 cm³/mol. The van der Waals surface area contributed by atoms with Gasteiger partial charge in [-0.15, -0.1) is 0 Å². The summed E-state index contributed by atoms with van der Waals surface area (Å²) in [6, 6.07) is 0.644. The minimum Gasteiger partial charge on any atom is -0.444 e. The van der Waals surface area contributed by atoms with E-state index in [1.54, 1.807) is 33.8 Å². The van der Waals surface area contributed by atoms with Gasteiger partial charge in [0, 0.05) is 6.20 Å². The molecule has 11 heteroatoms. The van der Waals surface area contributed by atoms with Crippen LogP contribution in [-0.4, -0.2) is 48.4 Å². The molecular formula is C18H25N3O7S. The summed E-state index contributed by atoms with van der Waals surface area (Å²) in [6.07, 6.45) is 3.76. The van der Waals surface area contributed by atoms with E-state index < -0.39 is 38.9 Å². The number of hydrogen-bond acceptors (Lipinski definition) is 8. The Balaban J connectivity index is 2.44. The molecule has 0 bridgehead atoms. The van der Waals surface area contributed by atoms with Gasteiger partial charge in [-0.1, -0.05) is 13.0 Å². The Morgan fingerprint density at radius 3 is 2.59 bits per heavy atom. The number of carbonyl (C=O) groups is 1. The second-order valence-corrected chi connectivity index (χ2v) is 9.56. The zero-order valence-electron chi connectivity index (χ0n) is 16.9. The van der Waals surface area contributed by atoms with Crippen molar-refractivity contribution in [3.63, 3.8) is 0 Å². The Hall–Kier alpha value is -2.53. The highest BCUT2D eigenvalue weighted by Crippen LogP contribution is 2.36. The summed E-state index contributed by atoms with van der Waals surface area (Å²) in [4.78, 5) is 26.9. The molecule has 0 spiro atoms. The van der Waals surface area contributed by atoms with Gasteiger partial charge in [-0.25, -0.2) is 4.79 Å². The molecule has 0 fully saturated rings. The van der Waals surface area contributed by atoms with E-state index in [0.29, 0.717) is 17.6 Å². The van der Waals surface area contributed by atoms with Gasteiger partial charge in [0.25, 0.3) is 15.8 Å². The third-order valence-electron chi connectivity index (χ3n) is 4.15. The highest BCUT2D eigenvalue weighted by molar-refractivity contribution is 7.86. The predicted octanol–water partition coefficient (Wildman–Crippen LogP) is 2.65. The summed E-state index contributed by atoms with van der Waals surface area (Å²) >= 11 is 0. The zero-order chi connectivity index (χ0) is 22.0. The van der Waals surface area contributed by atoms with Crippen LogP contribution in [0.2, 0.25) is 0 Å². The van der Waals surface area contributed by atoms with Crippen LogP contribution in [-0.2, 0) is 19.0 Å². The van der Waals surface area contributed by atoms with E-state index in [2.05, 4.69) is 10.3 Å². The van der Waals surface area contributed by atoms with Crippen molar-refractivity contribution in [1.29, 1.82) is 0 Å². The van der Waals surface area contributed by atoms with Crippen LogP contribution in [0.15, 0.2) is 24.5 Å². The zero-order valence-corrected chi connectivity index (χ0v) is 17.7. The van der Waals surface area contributed by atoms with Gasteiger partial charge in [-0.3, -0.25) is 19.3 Å². The van der Waals surface area contributed by atoms with Crippen molar-refractivity contribution in [2.45, 2.75) is 51.9 Å². The molecule has 2 rings (SSSR count). The lowest BCUT2D eigenvalue weighted by atomic mass is 9.82. The molecule has 0 unspecified atom stereocenters.